The van der Waals surface area contributed by atoms with E-state index in [4.69, 9.17) is 4.74 Å². The Bertz CT molecular complexity index is 1320. The third-order valence-corrected chi connectivity index (χ3v) is 7.74. The maximum atomic E-state index is 13.7. The van der Waals surface area contributed by atoms with Gasteiger partial charge < -0.3 is 20.3 Å². The van der Waals surface area contributed by atoms with Crippen LogP contribution in [0, 0.1) is 5.92 Å². The molecule has 0 fully saturated rings. The maximum absolute atomic E-state index is 13.7. The number of phenols is 1. The predicted octanol–water partition coefficient (Wildman–Crippen LogP) is 2.91. The number of phenolic OH excluding ortho intramolecular Hbond substituents is 1. The van der Waals surface area contributed by atoms with E-state index in [9.17, 15) is 31.8 Å². The summed E-state index contributed by atoms with van der Waals surface area (Å²) in [6.45, 7) is 8.39. The smallest absolute Gasteiger partial charge is 0.407 e. The lowest BCUT2D eigenvalue weighted by atomic mass is 10.0. The normalized spacial score (nSPS) is 14.2. The third kappa shape index (κ3) is 10.7. The Morgan fingerprint density at radius 3 is 2.18 bits per heavy atom. The molecular weight excluding hydrogens is 546 g/mol. The lowest BCUT2D eigenvalue weighted by Gasteiger charge is -2.31. The largest absolute Gasteiger partial charge is 0.506 e. The number of aliphatic hydroxyl groups is 1. The quantitative estimate of drug-likeness (QED) is 0.276. The molecule has 0 bridgehead atoms. The zero-order valence-corrected chi connectivity index (χ0v) is 24.7. The number of carbonyl (C=O) groups excluding carboxylic acids is 1. The van der Waals surface area contributed by atoms with E-state index >= 15 is 0 Å². The summed E-state index contributed by atoms with van der Waals surface area (Å²) >= 11 is 0. The second kappa shape index (κ2) is 13.0. The lowest BCUT2D eigenvalue weighted by Crippen LogP contribution is -2.51. The number of benzene rings is 2. The summed E-state index contributed by atoms with van der Waals surface area (Å²) in [5.41, 5.74) is -0.265. The zero-order chi connectivity index (χ0) is 29.6. The standard InChI is InChI=1S/C26H39N3O8S2/c1-18(2)16-29(39(35,36)20-12-13-23(30)22(15-20)28-38(6,33)34)17-24(31)21(14-19-10-8-7-9-11-19)27-25(32)37-26(3,4)5/h7-13,15,18,21,24,28,30-31H,14,16-17H2,1-6H3,(H,27,32)/t21-,24+/m0/s1. The van der Waals surface area contributed by atoms with Crippen LogP contribution in [-0.4, -0.2) is 74.5 Å². The maximum Gasteiger partial charge on any atom is 0.407 e. The van der Waals surface area contributed by atoms with E-state index in [1.807, 2.05) is 44.2 Å². The first-order valence-electron chi connectivity index (χ1n) is 12.4. The number of anilines is 1. The Kier molecular flexibility index (Phi) is 10.8. The van der Waals surface area contributed by atoms with Gasteiger partial charge in [-0.1, -0.05) is 44.2 Å². The summed E-state index contributed by atoms with van der Waals surface area (Å²) in [5, 5.41) is 24.0. The highest BCUT2D eigenvalue weighted by Crippen LogP contribution is 2.29. The SMILES string of the molecule is CC(C)CN(C[C@@H](O)[C@H](Cc1ccccc1)NC(=O)OC(C)(C)C)S(=O)(=O)c1ccc(O)c(NS(C)(=O)=O)c1. The van der Waals surface area contributed by atoms with Crippen LogP contribution in [0.3, 0.4) is 0 Å². The Morgan fingerprint density at radius 1 is 1.03 bits per heavy atom. The number of aromatic hydroxyl groups is 1. The van der Waals surface area contributed by atoms with E-state index in [1.165, 1.54) is 0 Å². The number of hydrogen-bond acceptors (Lipinski definition) is 8. The Balaban J connectivity index is 2.41. The Hall–Kier alpha value is -2.87. The van der Waals surface area contributed by atoms with Crippen molar-refractivity contribution in [3.05, 3.63) is 54.1 Å². The van der Waals surface area contributed by atoms with Crippen molar-refractivity contribution < 1.29 is 36.6 Å². The van der Waals surface area contributed by atoms with Crippen LogP contribution in [0.2, 0.25) is 0 Å². The van der Waals surface area contributed by atoms with Gasteiger partial charge in [0.25, 0.3) is 0 Å². The van der Waals surface area contributed by atoms with E-state index in [0.29, 0.717) is 0 Å². The molecule has 4 N–H and O–H groups in total. The van der Waals surface area contributed by atoms with Crippen LogP contribution in [0.1, 0.15) is 40.2 Å². The van der Waals surface area contributed by atoms with Gasteiger partial charge in [-0.2, -0.15) is 4.31 Å². The van der Waals surface area contributed by atoms with Crippen molar-refractivity contribution in [3.8, 4) is 5.75 Å². The van der Waals surface area contributed by atoms with Crippen molar-refractivity contribution in [2.24, 2.45) is 5.92 Å². The highest BCUT2D eigenvalue weighted by Gasteiger charge is 2.32. The minimum atomic E-state index is -4.27. The molecule has 0 aromatic heterocycles. The van der Waals surface area contributed by atoms with Gasteiger partial charge in [-0.3, -0.25) is 4.72 Å². The fourth-order valence-electron chi connectivity index (χ4n) is 3.73. The van der Waals surface area contributed by atoms with E-state index in [2.05, 4.69) is 10.0 Å². The molecular formula is C26H39N3O8S2. The van der Waals surface area contributed by atoms with Gasteiger partial charge in [-0.15, -0.1) is 0 Å². The van der Waals surface area contributed by atoms with Gasteiger partial charge in [0.05, 0.1) is 29.0 Å². The molecule has 13 heteroatoms. The average molecular weight is 586 g/mol. The number of alkyl carbamates (subject to hydrolysis) is 1. The molecule has 1 amide bonds. The Morgan fingerprint density at radius 2 is 1.64 bits per heavy atom. The number of hydrogen-bond donors (Lipinski definition) is 4. The molecule has 218 valence electrons. The number of sulfonamides is 2. The van der Waals surface area contributed by atoms with Gasteiger partial charge in [0.2, 0.25) is 20.0 Å². The molecule has 0 aliphatic heterocycles. The van der Waals surface area contributed by atoms with Crippen molar-refractivity contribution in [1.29, 1.82) is 0 Å². The number of nitrogens with zero attached hydrogens (tertiary/aromatic N) is 1. The summed E-state index contributed by atoms with van der Waals surface area (Å²) in [6, 6.07) is 11.5. The highest BCUT2D eigenvalue weighted by atomic mass is 32.2. The first kappa shape index (κ1) is 32.3. The van der Waals surface area contributed by atoms with Crippen LogP contribution in [-0.2, 0) is 31.2 Å². The summed E-state index contributed by atoms with van der Waals surface area (Å²) in [5.74, 6) is -0.580. The van der Waals surface area contributed by atoms with E-state index in [1.54, 1.807) is 20.8 Å². The second-order valence-corrected chi connectivity index (χ2v) is 14.5. The van der Waals surface area contributed by atoms with Gasteiger partial charge >= 0.3 is 6.09 Å². The molecule has 2 rings (SSSR count). The number of rotatable bonds is 12. The van der Waals surface area contributed by atoms with E-state index < -0.39 is 49.6 Å². The van der Waals surface area contributed by atoms with E-state index in [-0.39, 0.29) is 36.0 Å². The number of nitrogens with one attached hydrogen (secondary N) is 2. The fraction of sp³-hybridized carbons (Fsp3) is 0.500. The molecule has 0 unspecified atom stereocenters. The van der Waals surface area contributed by atoms with Crippen LogP contribution >= 0.6 is 0 Å². The molecule has 0 spiro atoms. The van der Waals surface area contributed by atoms with Gasteiger partial charge in [0, 0.05) is 13.1 Å². The Labute approximate surface area is 231 Å². The monoisotopic (exact) mass is 585 g/mol. The van der Waals surface area contributed by atoms with Gasteiger partial charge in [-0.25, -0.2) is 21.6 Å². The van der Waals surface area contributed by atoms with Gasteiger partial charge in [0.15, 0.2) is 0 Å². The van der Waals surface area contributed by atoms with Crippen LogP contribution < -0.4 is 10.0 Å². The van der Waals surface area contributed by atoms with Crippen LogP contribution in [0.5, 0.6) is 5.75 Å². The van der Waals surface area contributed by atoms with Crippen molar-refractivity contribution in [1.82, 2.24) is 9.62 Å². The highest BCUT2D eigenvalue weighted by molar-refractivity contribution is 7.92. The molecule has 0 saturated carbocycles. The molecule has 0 heterocycles. The first-order valence-corrected chi connectivity index (χ1v) is 15.7. The number of aliphatic hydroxyl groups excluding tert-OH is 1. The summed E-state index contributed by atoms with van der Waals surface area (Å²) < 4.78 is 59.2. The van der Waals surface area contributed by atoms with Crippen molar-refractivity contribution in [3.63, 3.8) is 0 Å². The number of amides is 1. The summed E-state index contributed by atoms with van der Waals surface area (Å²) in [6.07, 6.45) is -1.01. The molecule has 0 radical (unpaired) electrons. The number of ether oxygens (including phenoxy) is 1. The molecule has 2 atom stereocenters. The summed E-state index contributed by atoms with van der Waals surface area (Å²) in [4.78, 5) is 12.3. The van der Waals surface area contributed by atoms with Gasteiger partial charge in [0.1, 0.15) is 11.4 Å². The second-order valence-electron chi connectivity index (χ2n) is 10.8. The average Bonchev–Trinajstić information content (AvgIpc) is 2.77. The first-order chi connectivity index (χ1) is 17.9. The molecule has 0 aliphatic carbocycles. The predicted molar refractivity (Wildman–Crippen MR) is 149 cm³/mol. The van der Waals surface area contributed by atoms with Crippen LogP contribution in [0.15, 0.2) is 53.4 Å². The molecule has 2 aromatic carbocycles. The molecule has 2 aromatic rings. The van der Waals surface area contributed by atoms with Crippen molar-refractivity contribution >= 4 is 31.8 Å². The van der Waals surface area contributed by atoms with E-state index in [0.717, 1.165) is 34.3 Å². The minimum Gasteiger partial charge on any atom is -0.506 e. The zero-order valence-electron chi connectivity index (χ0n) is 23.1. The van der Waals surface area contributed by atoms with Crippen molar-refractivity contribution in [2.45, 2.75) is 63.7 Å². The molecule has 11 nitrogen and oxygen atoms in total. The van der Waals surface area contributed by atoms with Gasteiger partial charge in [-0.05, 0) is 56.9 Å². The summed E-state index contributed by atoms with van der Waals surface area (Å²) in [7, 11) is -8.06. The number of carbonyl (C=O) groups is 1. The molecule has 0 saturated heterocycles. The topological polar surface area (TPSA) is 162 Å². The fourth-order valence-corrected chi connectivity index (χ4v) is 5.94. The van der Waals surface area contributed by atoms with Crippen LogP contribution in [0.25, 0.3) is 0 Å². The van der Waals surface area contributed by atoms with Crippen molar-refractivity contribution in [2.75, 3.05) is 24.1 Å². The lowest BCUT2D eigenvalue weighted by molar-refractivity contribution is 0.0400. The van der Waals surface area contributed by atoms with Crippen LogP contribution in [0.4, 0.5) is 10.5 Å². The molecule has 0 aliphatic rings. The molecule has 39 heavy (non-hydrogen) atoms. The third-order valence-electron chi connectivity index (χ3n) is 5.33. The minimum absolute atomic E-state index is 0.0274.